The summed E-state index contributed by atoms with van der Waals surface area (Å²) in [5.41, 5.74) is 11.5. The normalized spacial score (nSPS) is 14.8. The second-order valence-electron chi connectivity index (χ2n) is 12.7. The van der Waals surface area contributed by atoms with Crippen molar-refractivity contribution in [2.45, 2.75) is 0 Å². The molecule has 49 heavy (non-hydrogen) atoms. The second kappa shape index (κ2) is 11.7. The Bertz CT molecular complexity index is 2520. The van der Waals surface area contributed by atoms with Gasteiger partial charge in [-0.15, -0.1) is 0 Å². The van der Waals surface area contributed by atoms with Gasteiger partial charge in [-0.05, 0) is 69.0 Å². The Kier molecular flexibility index (Phi) is 6.97. The van der Waals surface area contributed by atoms with Crippen molar-refractivity contribution in [1.82, 2.24) is 9.97 Å². The molecule has 0 amide bonds. The molecular weight excluding hydrogens is 615 g/mol. The van der Waals surface area contributed by atoms with E-state index in [1.807, 2.05) is 61.3 Å². The summed E-state index contributed by atoms with van der Waals surface area (Å²) >= 11 is 0. The summed E-state index contributed by atoms with van der Waals surface area (Å²) in [6, 6.07) is 58.8. The van der Waals surface area contributed by atoms with Crippen LogP contribution in [0.3, 0.4) is 0 Å². The fourth-order valence-corrected chi connectivity index (χ4v) is 9.48. The first-order valence-electron chi connectivity index (χ1n) is 16.5. The highest BCUT2D eigenvalue weighted by molar-refractivity contribution is 7.79. The van der Waals surface area contributed by atoms with Crippen LogP contribution in [0.4, 0.5) is 0 Å². The van der Waals surface area contributed by atoms with E-state index >= 15 is 0 Å². The number of hydrogen-bond donors (Lipinski definition) is 0. The lowest BCUT2D eigenvalue weighted by Crippen LogP contribution is -2.07. The van der Waals surface area contributed by atoms with E-state index in [0.29, 0.717) is 5.82 Å². The number of nitrogens with zero attached hydrogens (tertiary/aromatic N) is 2. The van der Waals surface area contributed by atoms with Gasteiger partial charge >= 0.3 is 0 Å². The molecule has 0 N–H and O–H groups in total. The average molecular weight is 647 g/mol. The van der Waals surface area contributed by atoms with Gasteiger partial charge in [0, 0.05) is 27.3 Å². The zero-order valence-electron chi connectivity index (χ0n) is 26.9. The van der Waals surface area contributed by atoms with Crippen molar-refractivity contribution in [3.63, 3.8) is 0 Å². The number of fused-ring (bicyclic) bond motifs is 4. The molecule has 0 radical (unpaired) electrons. The molecule has 3 nitrogen and oxygen atoms in total. The van der Waals surface area contributed by atoms with Crippen molar-refractivity contribution in [3.8, 4) is 67.3 Å². The highest BCUT2D eigenvalue weighted by Crippen LogP contribution is 2.51. The Morgan fingerprint density at radius 2 is 1.00 bits per heavy atom. The van der Waals surface area contributed by atoms with Crippen LogP contribution >= 0.6 is 7.14 Å². The molecule has 0 fully saturated rings. The van der Waals surface area contributed by atoms with E-state index in [9.17, 15) is 4.57 Å². The summed E-state index contributed by atoms with van der Waals surface area (Å²) in [5, 5.41) is 4.27. The van der Waals surface area contributed by atoms with E-state index in [0.717, 1.165) is 66.5 Å². The molecule has 232 valence electrons. The van der Waals surface area contributed by atoms with Crippen LogP contribution in [0.15, 0.2) is 170 Å². The molecule has 1 aliphatic heterocycles. The van der Waals surface area contributed by atoms with E-state index in [1.165, 1.54) is 16.3 Å². The van der Waals surface area contributed by atoms with Gasteiger partial charge in [-0.1, -0.05) is 152 Å². The van der Waals surface area contributed by atoms with Gasteiger partial charge in [0.1, 0.15) is 7.14 Å². The lowest BCUT2D eigenvalue weighted by atomic mass is 9.88. The average Bonchev–Trinajstić information content (AvgIpc) is 3.40. The monoisotopic (exact) mass is 646 g/mol. The molecule has 0 spiro atoms. The fraction of sp³-hybridized carbons (Fsp3) is 0.0222. The predicted octanol–water partition coefficient (Wildman–Crippen LogP) is 10.9. The topological polar surface area (TPSA) is 42.9 Å². The van der Waals surface area contributed by atoms with E-state index < -0.39 is 7.14 Å². The Labute approximate surface area is 286 Å². The van der Waals surface area contributed by atoms with Gasteiger partial charge in [0.15, 0.2) is 5.82 Å². The summed E-state index contributed by atoms with van der Waals surface area (Å²) in [6.45, 7) is 1.89. The van der Waals surface area contributed by atoms with Crippen LogP contribution in [0.2, 0.25) is 0 Å². The van der Waals surface area contributed by atoms with Crippen LogP contribution in [-0.4, -0.2) is 16.6 Å². The number of rotatable bonds is 5. The van der Waals surface area contributed by atoms with Gasteiger partial charge in [-0.3, -0.25) is 0 Å². The van der Waals surface area contributed by atoms with Crippen molar-refractivity contribution in [1.29, 1.82) is 0 Å². The van der Waals surface area contributed by atoms with E-state index in [1.54, 1.807) is 0 Å². The summed E-state index contributed by atoms with van der Waals surface area (Å²) in [4.78, 5) is 10.0. The molecule has 1 atom stereocenters. The second-order valence-corrected chi connectivity index (χ2v) is 15.5. The first kappa shape index (κ1) is 29.3. The zero-order valence-corrected chi connectivity index (χ0v) is 27.8. The van der Waals surface area contributed by atoms with Gasteiger partial charge in [-0.25, -0.2) is 9.97 Å². The lowest BCUT2D eigenvalue weighted by Gasteiger charge is -2.16. The molecule has 1 unspecified atom stereocenters. The van der Waals surface area contributed by atoms with Gasteiger partial charge < -0.3 is 4.57 Å². The molecule has 1 aliphatic rings. The third kappa shape index (κ3) is 5.03. The minimum absolute atomic E-state index is 0.701. The van der Waals surface area contributed by atoms with Gasteiger partial charge in [0.05, 0.1) is 11.4 Å². The number of hydrogen-bond acceptors (Lipinski definition) is 3. The van der Waals surface area contributed by atoms with Crippen LogP contribution in [0.5, 0.6) is 0 Å². The van der Waals surface area contributed by atoms with Crippen LogP contribution < -0.4 is 10.6 Å². The molecule has 0 aliphatic carbocycles. The molecule has 0 saturated heterocycles. The summed E-state index contributed by atoms with van der Waals surface area (Å²) in [7, 11) is -2.64. The van der Waals surface area contributed by atoms with Crippen molar-refractivity contribution >= 4 is 28.5 Å². The third-order valence-electron chi connectivity index (χ3n) is 9.65. The first-order chi connectivity index (χ1) is 24.0. The Balaban J connectivity index is 1.18. The molecular formula is C45H31N2OP. The van der Waals surface area contributed by atoms with Crippen molar-refractivity contribution < 1.29 is 4.57 Å². The van der Waals surface area contributed by atoms with Crippen LogP contribution in [0.1, 0.15) is 0 Å². The molecule has 0 saturated carbocycles. The zero-order chi connectivity index (χ0) is 33.0. The highest BCUT2D eigenvalue weighted by atomic mass is 31.2. The first-order valence-corrected chi connectivity index (χ1v) is 18.6. The third-order valence-corrected chi connectivity index (χ3v) is 12.3. The molecule has 4 heteroatoms. The van der Waals surface area contributed by atoms with Crippen LogP contribution in [0.25, 0.3) is 78.1 Å². The number of aromatic nitrogens is 2. The van der Waals surface area contributed by atoms with Crippen molar-refractivity contribution in [2.75, 3.05) is 6.66 Å². The molecule has 0 bridgehead atoms. The molecule has 8 aromatic rings. The maximum absolute atomic E-state index is 13.9. The quantitative estimate of drug-likeness (QED) is 0.175. The molecule has 2 heterocycles. The van der Waals surface area contributed by atoms with E-state index in [2.05, 4.69) is 115 Å². The fourth-order valence-electron chi connectivity index (χ4n) is 7.19. The SMILES string of the molecule is CP1(=O)c2ccccc2-c2cc(-c3ccc4ccccc4c3-c3ccc(-c4cc(-c5ccccc5)nc(-c5ccccc5)n4)cc3)ccc21. The largest absolute Gasteiger partial charge is 0.314 e. The molecule has 7 aromatic carbocycles. The van der Waals surface area contributed by atoms with Crippen LogP contribution in [0, 0.1) is 0 Å². The standard InChI is InChI=1S/C45H31N2OP/c1-49(48)42-19-11-10-18-38(42)39-28-35(25-27-43(39)49)37-26-24-30-12-8-9-17-36(30)44(37)33-22-20-32(21-23-33)41-29-40(31-13-4-2-5-14-31)46-45(47-41)34-15-6-3-7-16-34/h2-29H,1H3. The summed E-state index contributed by atoms with van der Waals surface area (Å²) in [6.07, 6.45) is 0. The Morgan fingerprint density at radius 3 is 1.76 bits per heavy atom. The maximum Gasteiger partial charge on any atom is 0.160 e. The van der Waals surface area contributed by atoms with Crippen molar-refractivity contribution in [2.24, 2.45) is 0 Å². The van der Waals surface area contributed by atoms with E-state index in [4.69, 9.17) is 9.97 Å². The molecule has 1 aromatic heterocycles. The predicted molar refractivity (Wildman–Crippen MR) is 205 cm³/mol. The smallest absolute Gasteiger partial charge is 0.160 e. The van der Waals surface area contributed by atoms with Gasteiger partial charge in [0.2, 0.25) is 0 Å². The van der Waals surface area contributed by atoms with Gasteiger partial charge in [0.25, 0.3) is 0 Å². The molecule has 9 rings (SSSR count). The Morgan fingerprint density at radius 1 is 0.429 bits per heavy atom. The number of benzene rings is 7. The lowest BCUT2D eigenvalue weighted by molar-refractivity contribution is 0.591. The Hall–Kier alpha value is -5.89. The van der Waals surface area contributed by atoms with E-state index in [-0.39, 0.29) is 0 Å². The minimum Gasteiger partial charge on any atom is -0.314 e. The summed E-state index contributed by atoms with van der Waals surface area (Å²) in [5.74, 6) is 0.701. The minimum atomic E-state index is -2.64. The maximum atomic E-state index is 13.9. The van der Waals surface area contributed by atoms with Crippen LogP contribution in [-0.2, 0) is 4.57 Å². The van der Waals surface area contributed by atoms with Crippen molar-refractivity contribution in [3.05, 3.63) is 170 Å². The summed E-state index contributed by atoms with van der Waals surface area (Å²) < 4.78 is 13.9. The highest BCUT2D eigenvalue weighted by Gasteiger charge is 2.34. The van der Waals surface area contributed by atoms with Gasteiger partial charge in [-0.2, -0.15) is 0 Å².